The van der Waals surface area contributed by atoms with E-state index in [0.717, 1.165) is 5.56 Å². The lowest BCUT2D eigenvalue weighted by atomic mass is 10.1. The summed E-state index contributed by atoms with van der Waals surface area (Å²) in [5.74, 6) is -1.23. The molecule has 7 heteroatoms. The van der Waals surface area contributed by atoms with E-state index < -0.39 is 18.0 Å². The third-order valence-corrected chi connectivity index (χ3v) is 2.88. The second kappa shape index (κ2) is 8.77. The van der Waals surface area contributed by atoms with Crippen molar-refractivity contribution in [1.82, 2.24) is 10.6 Å². The molecule has 1 aromatic rings. The van der Waals surface area contributed by atoms with Gasteiger partial charge >= 0.3 is 18.0 Å². The summed E-state index contributed by atoms with van der Waals surface area (Å²) in [4.78, 5) is 34.6. The molecule has 0 aliphatic rings. The summed E-state index contributed by atoms with van der Waals surface area (Å²) in [7, 11) is 1.23. The fourth-order valence-electron chi connectivity index (χ4n) is 1.70. The number of amides is 2. The van der Waals surface area contributed by atoms with Gasteiger partial charge in [-0.3, -0.25) is 0 Å². The third kappa shape index (κ3) is 6.37. The predicted molar refractivity (Wildman–Crippen MR) is 83.8 cm³/mol. The second-order valence-electron chi connectivity index (χ2n) is 5.25. The van der Waals surface area contributed by atoms with Crippen molar-refractivity contribution in [3.05, 3.63) is 35.4 Å². The number of nitrogens with one attached hydrogen (secondary N) is 2. The Hall–Kier alpha value is -2.57. The van der Waals surface area contributed by atoms with Gasteiger partial charge in [0.1, 0.15) is 0 Å². The van der Waals surface area contributed by atoms with Gasteiger partial charge in [-0.25, -0.2) is 14.4 Å². The van der Waals surface area contributed by atoms with E-state index in [-0.39, 0.29) is 12.1 Å². The highest BCUT2D eigenvalue weighted by atomic mass is 16.6. The van der Waals surface area contributed by atoms with Crippen LogP contribution in [-0.4, -0.2) is 37.2 Å². The highest BCUT2D eigenvalue weighted by molar-refractivity contribution is 5.91. The van der Waals surface area contributed by atoms with Crippen molar-refractivity contribution in [2.24, 2.45) is 0 Å². The molecule has 0 aliphatic heterocycles. The molecule has 7 nitrogen and oxygen atoms in total. The number of urea groups is 1. The average Bonchev–Trinajstić information content (AvgIpc) is 2.51. The minimum absolute atomic E-state index is 0.0592. The Morgan fingerprint density at radius 1 is 1.09 bits per heavy atom. The normalized spacial score (nSPS) is 11.5. The number of carbonyl (C=O) groups is 3. The number of ether oxygens (including phenoxy) is 2. The van der Waals surface area contributed by atoms with Crippen LogP contribution in [0.4, 0.5) is 4.79 Å². The van der Waals surface area contributed by atoms with E-state index in [1.54, 1.807) is 24.3 Å². The minimum atomic E-state index is -0.964. The summed E-state index contributed by atoms with van der Waals surface area (Å²) in [6.07, 6.45) is -0.964. The minimum Gasteiger partial charge on any atom is -0.466 e. The predicted octanol–water partition coefficient (Wildman–Crippen LogP) is 1.61. The van der Waals surface area contributed by atoms with Gasteiger partial charge in [0.05, 0.1) is 12.7 Å². The van der Waals surface area contributed by atoms with Crippen LogP contribution in [0.1, 0.15) is 36.7 Å². The number of benzene rings is 1. The van der Waals surface area contributed by atoms with Gasteiger partial charge in [-0.2, -0.15) is 0 Å². The van der Waals surface area contributed by atoms with Gasteiger partial charge < -0.3 is 20.1 Å². The summed E-state index contributed by atoms with van der Waals surface area (Å²) in [5, 5.41) is 5.42. The largest absolute Gasteiger partial charge is 0.466 e. The molecule has 1 rings (SSSR count). The van der Waals surface area contributed by atoms with E-state index >= 15 is 0 Å². The molecule has 0 radical (unpaired) electrons. The monoisotopic (exact) mass is 322 g/mol. The van der Waals surface area contributed by atoms with Gasteiger partial charge in [0, 0.05) is 12.6 Å². The molecule has 23 heavy (non-hydrogen) atoms. The molecular formula is C16H22N2O5. The Balaban J connectivity index is 2.54. The van der Waals surface area contributed by atoms with E-state index in [0.29, 0.717) is 12.1 Å². The van der Waals surface area contributed by atoms with Crippen molar-refractivity contribution < 1.29 is 23.9 Å². The van der Waals surface area contributed by atoms with E-state index in [2.05, 4.69) is 15.4 Å². The molecule has 0 spiro atoms. The third-order valence-electron chi connectivity index (χ3n) is 2.88. The first-order valence-corrected chi connectivity index (χ1v) is 7.25. The van der Waals surface area contributed by atoms with Crippen LogP contribution in [0.2, 0.25) is 0 Å². The Morgan fingerprint density at radius 3 is 2.22 bits per heavy atom. The number of methoxy groups -OCH3 is 1. The highest BCUT2D eigenvalue weighted by Crippen LogP contribution is 2.08. The Kier molecular flexibility index (Phi) is 7.05. The van der Waals surface area contributed by atoms with Gasteiger partial charge in [-0.1, -0.05) is 12.1 Å². The molecule has 0 aromatic heterocycles. The first kappa shape index (κ1) is 18.5. The van der Waals surface area contributed by atoms with Crippen LogP contribution in [0.15, 0.2) is 24.3 Å². The van der Waals surface area contributed by atoms with Crippen LogP contribution in [0, 0.1) is 0 Å². The molecule has 2 N–H and O–H groups in total. The van der Waals surface area contributed by atoms with Crippen molar-refractivity contribution in [2.75, 3.05) is 7.11 Å². The van der Waals surface area contributed by atoms with E-state index in [9.17, 15) is 14.4 Å². The van der Waals surface area contributed by atoms with Crippen molar-refractivity contribution in [3.63, 3.8) is 0 Å². The molecule has 126 valence electrons. The Labute approximate surface area is 135 Å². The molecule has 0 saturated carbocycles. The van der Waals surface area contributed by atoms with Crippen molar-refractivity contribution in [1.29, 1.82) is 0 Å². The first-order valence-electron chi connectivity index (χ1n) is 7.25. The molecule has 0 heterocycles. The second-order valence-corrected chi connectivity index (χ2v) is 5.25. The molecule has 0 unspecified atom stereocenters. The standard InChI is InChI=1S/C16H22N2O5/c1-10(2)18-16(21)17-9-12-5-7-13(8-6-12)15(20)23-11(3)14(19)22-4/h5-8,10-11H,9H2,1-4H3,(H2,17,18,21)/t11-/m0/s1. The van der Waals surface area contributed by atoms with Crippen molar-refractivity contribution >= 4 is 18.0 Å². The Bertz CT molecular complexity index is 554. The van der Waals surface area contributed by atoms with E-state index in [1.807, 2.05) is 13.8 Å². The summed E-state index contributed by atoms with van der Waals surface area (Å²) in [5.41, 5.74) is 1.15. The van der Waals surface area contributed by atoms with Crippen LogP contribution in [-0.2, 0) is 20.8 Å². The summed E-state index contributed by atoms with van der Waals surface area (Å²) in [6.45, 7) is 5.52. The lowest BCUT2D eigenvalue weighted by Gasteiger charge is -2.12. The maximum atomic E-state index is 11.9. The smallest absolute Gasteiger partial charge is 0.346 e. The van der Waals surface area contributed by atoms with Gasteiger partial charge in [-0.05, 0) is 38.5 Å². The maximum absolute atomic E-state index is 11.9. The number of carbonyl (C=O) groups excluding carboxylic acids is 3. The van der Waals surface area contributed by atoms with Crippen LogP contribution >= 0.6 is 0 Å². The topological polar surface area (TPSA) is 93.7 Å². The van der Waals surface area contributed by atoms with Gasteiger partial charge in [0.25, 0.3) is 0 Å². The number of hydrogen-bond acceptors (Lipinski definition) is 5. The number of hydrogen-bond donors (Lipinski definition) is 2. The zero-order valence-electron chi connectivity index (χ0n) is 13.7. The molecule has 2 amide bonds. The fourth-order valence-corrected chi connectivity index (χ4v) is 1.70. The van der Waals surface area contributed by atoms with Gasteiger partial charge in [0.15, 0.2) is 6.10 Å². The lowest BCUT2D eigenvalue weighted by Crippen LogP contribution is -2.39. The van der Waals surface area contributed by atoms with Crippen LogP contribution < -0.4 is 10.6 Å². The zero-order valence-corrected chi connectivity index (χ0v) is 13.7. The van der Waals surface area contributed by atoms with E-state index in [4.69, 9.17) is 4.74 Å². The quantitative estimate of drug-likeness (QED) is 0.776. The summed E-state index contributed by atoms with van der Waals surface area (Å²) >= 11 is 0. The lowest BCUT2D eigenvalue weighted by molar-refractivity contribution is -0.149. The maximum Gasteiger partial charge on any atom is 0.346 e. The molecule has 0 saturated heterocycles. The van der Waals surface area contributed by atoms with Gasteiger partial charge in [-0.15, -0.1) is 0 Å². The van der Waals surface area contributed by atoms with Crippen LogP contribution in [0.5, 0.6) is 0 Å². The molecule has 0 fully saturated rings. The van der Waals surface area contributed by atoms with E-state index in [1.165, 1.54) is 14.0 Å². The number of esters is 2. The average molecular weight is 322 g/mol. The highest BCUT2D eigenvalue weighted by Gasteiger charge is 2.19. The zero-order chi connectivity index (χ0) is 17.4. The first-order chi connectivity index (χ1) is 10.8. The molecule has 0 bridgehead atoms. The van der Waals surface area contributed by atoms with Crippen LogP contribution in [0.3, 0.4) is 0 Å². The molecule has 1 aromatic carbocycles. The molecular weight excluding hydrogens is 300 g/mol. The number of rotatable bonds is 6. The fraction of sp³-hybridized carbons (Fsp3) is 0.438. The van der Waals surface area contributed by atoms with Crippen molar-refractivity contribution in [3.8, 4) is 0 Å². The van der Waals surface area contributed by atoms with Crippen LogP contribution in [0.25, 0.3) is 0 Å². The SMILES string of the molecule is COC(=O)[C@H](C)OC(=O)c1ccc(CNC(=O)NC(C)C)cc1. The Morgan fingerprint density at radius 2 is 1.70 bits per heavy atom. The van der Waals surface area contributed by atoms with Crippen molar-refractivity contribution in [2.45, 2.75) is 39.5 Å². The summed E-state index contributed by atoms with van der Waals surface area (Å²) < 4.78 is 9.46. The molecule has 0 aliphatic carbocycles. The van der Waals surface area contributed by atoms with Gasteiger partial charge in [0.2, 0.25) is 0 Å². The summed E-state index contributed by atoms with van der Waals surface area (Å²) in [6, 6.07) is 6.36. The molecule has 1 atom stereocenters.